The van der Waals surface area contributed by atoms with Crippen molar-refractivity contribution in [1.82, 2.24) is 9.78 Å². The molecule has 0 N–H and O–H groups in total. The lowest BCUT2D eigenvalue weighted by Gasteiger charge is -2.05. The number of para-hydroxylation sites is 1. The predicted molar refractivity (Wildman–Crippen MR) is 91.3 cm³/mol. The van der Waals surface area contributed by atoms with Crippen molar-refractivity contribution in [3.05, 3.63) is 64.8 Å². The van der Waals surface area contributed by atoms with Crippen molar-refractivity contribution in [2.24, 2.45) is 0 Å². The van der Waals surface area contributed by atoms with Crippen LogP contribution in [0.1, 0.15) is 38.9 Å². The van der Waals surface area contributed by atoms with E-state index >= 15 is 0 Å². The number of aromatic nitrogens is 2. The van der Waals surface area contributed by atoms with Crippen LogP contribution in [-0.2, 0) is 4.74 Å². The third kappa shape index (κ3) is 2.80. The van der Waals surface area contributed by atoms with E-state index in [-0.39, 0.29) is 18.2 Å². The second kappa shape index (κ2) is 6.28. The van der Waals surface area contributed by atoms with Gasteiger partial charge in [-0.25, -0.2) is 4.79 Å². The van der Waals surface area contributed by atoms with E-state index in [1.54, 1.807) is 25.1 Å². The number of nitrogens with zero attached hydrogens (tertiary/aromatic N) is 2. The summed E-state index contributed by atoms with van der Waals surface area (Å²) in [5.74, 6) is -0.797. The molecule has 122 valence electrons. The lowest BCUT2D eigenvalue weighted by atomic mass is 10.1. The molecule has 3 aromatic rings. The quantitative estimate of drug-likeness (QED) is 0.692. The van der Waals surface area contributed by atoms with Gasteiger partial charge in [0.2, 0.25) is 0 Å². The third-order valence-corrected chi connectivity index (χ3v) is 3.72. The zero-order valence-corrected chi connectivity index (χ0v) is 13.9. The van der Waals surface area contributed by atoms with Crippen molar-refractivity contribution >= 4 is 22.8 Å². The summed E-state index contributed by atoms with van der Waals surface area (Å²) in [6.45, 7) is 5.87. The number of fused-ring (bicyclic) bond motifs is 1. The molecule has 5 nitrogen and oxygen atoms in total. The Kier molecular flexibility index (Phi) is 4.16. The summed E-state index contributed by atoms with van der Waals surface area (Å²) in [5.41, 5.74) is 3.28. The van der Waals surface area contributed by atoms with Crippen LogP contribution >= 0.6 is 0 Å². The van der Waals surface area contributed by atoms with Gasteiger partial charge in [0.05, 0.1) is 12.1 Å². The highest BCUT2D eigenvalue weighted by Crippen LogP contribution is 2.21. The van der Waals surface area contributed by atoms with Crippen molar-refractivity contribution in [2.45, 2.75) is 20.8 Å². The second-order valence-electron chi connectivity index (χ2n) is 5.68. The molecule has 1 aromatic heterocycles. The van der Waals surface area contributed by atoms with E-state index in [2.05, 4.69) is 5.10 Å². The zero-order valence-electron chi connectivity index (χ0n) is 13.9. The van der Waals surface area contributed by atoms with Crippen LogP contribution in [-0.4, -0.2) is 28.3 Å². The van der Waals surface area contributed by atoms with Crippen molar-refractivity contribution < 1.29 is 14.3 Å². The number of carbonyl (C=O) groups is 2. The normalized spacial score (nSPS) is 10.8. The molecule has 2 aromatic carbocycles. The largest absolute Gasteiger partial charge is 0.461 e. The van der Waals surface area contributed by atoms with E-state index in [1.807, 2.05) is 38.1 Å². The first-order valence-electron chi connectivity index (χ1n) is 7.79. The fourth-order valence-electron chi connectivity index (χ4n) is 2.79. The number of esters is 1. The van der Waals surface area contributed by atoms with Gasteiger partial charge in [0.1, 0.15) is 0 Å². The van der Waals surface area contributed by atoms with Crippen LogP contribution in [0.25, 0.3) is 10.9 Å². The highest BCUT2D eigenvalue weighted by atomic mass is 16.5. The maximum Gasteiger partial charge on any atom is 0.359 e. The fraction of sp³-hybridized carbons (Fsp3) is 0.211. The van der Waals surface area contributed by atoms with Crippen molar-refractivity contribution in [3.63, 3.8) is 0 Å². The molecule has 0 unspecified atom stereocenters. The van der Waals surface area contributed by atoms with Crippen LogP contribution in [0, 0.1) is 13.8 Å². The first-order valence-corrected chi connectivity index (χ1v) is 7.79. The monoisotopic (exact) mass is 322 g/mol. The number of hydrogen-bond acceptors (Lipinski definition) is 4. The van der Waals surface area contributed by atoms with Crippen LogP contribution in [0.3, 0.4) is 0 Å². The summed E-state index contributed by atoms with van der Waals surface area (Å²) in [5, 5.41) is 4.84. The molecular weight excluding hydrogens is 304 g/mol. The van der Waals surface area contributed by atoms with Gasteiger partial charge < -0.3 is 4.74 Å². The van der Waals surface area contributed by atoms with Gasteiger partial charge in [0.25, 0.3) is 5.91 Å². The Labute approximate surface area is 139 Å². The van der Waals surface area contributed by atoms with Gasteiger partial charge in [-0.3, -0.25) is 4.79 Å². The summed E-state index contributed by atoms with van der Waals surface area (Å²) in [4.78, 5) is 25.0. The number of ether oxygens (including phenoxy) is 1. The van der Waals surface area contributed by atoms with Crippen LogP contribution in [0.5, 0.6) is 0 Å². The van der Waals surface area contributed by atoms with Crippen molar-refractivity contribution in [3.8, 4) is 0 Å². The van der Waals surface area contributed by atoms with E-state index in [0.29, 0.717) is 16.5 Å². The third-order valence-electron chi connectivity index (χ3n) is 3.72. The molecule has 0 saturated heterocycles. The first kappa shape index (κ1) is 15.9. The summed E-state index contributed by atoms with van der Waals surface area (Å²) >= 11 is 0. The summed E-state index contributed by atoms with van der Waals surface area (Å²) in [6.07, 6.45) is 0. The summed E-state index contributed by atoms with van der Waals surface area (Å²) in [6, 6.07) is 12.8. The molecule has 5 heteroatoms. The molecule has 24 heavy (non-hydrogen) atoms. The molecule has 0 amide bonds. The van der Waals surface area contributed by atoms with Crippen LogP contribution in [0.15, 0.2) is 42.5 Å². The number of hydrogen-bond donors (Lipinski definition) is 0. The van der Waals surface area contributed by atoms with Crippen LogP contribution < -0.4 is 0 Å². The average Bonchev–Trinajstić information content (AvgIpc) is 2.93. The summed E-state index contributed by atoms with van der Waals surface area (Å²) in [7, 11) is 0. The zero-order chi connectivity index (χ0) is 17.3. The molecule has 0 saturated carbocycles. The lowest BCUT2D eigenvalue weighted by molar-refractivity contribution is 0.0521. The minimum Gasteiger partial charge on any atom is -0.461 e. The van der Waals surface area contributed by atoms with E-state index in [1.165, 1.54) is 4.68 Å². The van der Waals surface area contributed by atoms with Gasteiger partial charge in [-0.05, 0) is 39.0 Å². The molecule has 0 aliphatic heterocycles. The average molecular weight is 322 g/mol. The van der Waals surface area contributed by atoms with Crippen LogP contribution in [0.2, 0.25) is 0 Å². The minimum absolute atomic E-state index is 0.158. The van der Waals surface area contributed by atoms with E-state index in [4.69, 9.17) is 4.74 Å². The Morgan fingerprint density at radius 1 is 1.08 bits per heavy atom. The maximum atomic E-state index is 12.9. The molecule has 0 atom stereocenters. The Morgan fingerprint density at radius 3 is 2.42 bits per heavy atom. The fourth-order valence-corrected chi connectivity index (χ4v) is 2.79. The number of benzene rings is 2. The molecule has 0 spiro atoms. The molecule has 0 radical (unpaired) electrons. The number of rotatable bonds is 3. The van der Waals surface area contributed by atoms with Gasteiger partial charge in [0.15, 0.2) is 5.69 Å². The maximum absolute atomic E-state index is 12.9. The Morgan fingerprint density at radius 2 is 1.75 bits per heavy atom. The molecular formula is C19H18N2O3. The minimum atomic E-state index is -0.527. The van der Waals surface area contributed by atoms with Crippen LogP contribution in [0.4, 0.5) is 0 Å². The first-order chi connectivity index (χ1) is 11.5. The number of carbonyl (C=O) groups excluding carboxylic acids is 2. The lowest BCUT2D eigenvalue weighted by Crippen LogP contribution is -2.15. The predicted octanol–water partition coefficient (Wildman–Crippen LogP) is 3.52. The highest BCUT2D eigenvalue weighted by molar-refractivity contribution is 6.07. The van der Waals surface area contributed by atoms with Crippen molar-refractivity contribution in [1.29, 1.82) is 0 Å². The molecule has 0 aliphatic carbocycles. The van der Waals surface area contributed by atoms with Gasteiger partial charge in [-0.1, -0.05) is 35.4 Å². The smallest absolute Gasteiger partial charge is 0.359 e. The van der Waals surface area contributed by atoms with E-state index in [0.717, 1.165) is 11.1 Å². The highest BCUT2D eigenvalue weighted by Gasteiger charge is 2.22. The Balaban J connectivity index is 2.15. The summed E-state index contributed by atoms with van der Waals surface area (Å²) < 4.78 is 6.32. The Hall–Kier alpha value is -2.95. The molecule has 0 fully saturated rings. The van der Waals surface area contributed by atoms with E-state index in [9.17, 15) is 9.59 Å². The standard InChI is InChI=1S/C19H18N2O3/c1-4-24-19(23)17-15-7-5-6-8-16(15)21(20-17)18(22)14-10-12(2)9-13(3)11-14/h5-11H,4H2,1-3H3. The van der Waals surface area contributed by atoms with E-state index < -0.39 is 5.97 Å². The van der Waals surface area contributed by atoms with Gasteiger partial charge in [-0.2, -0.15) is 9.78 Å². The molecule has 1 heterocycles. The second-order valence-corrected chi connectivity index (χ2v) is 5.68. The van der Waals surface area contributed by atoms with Gasteiger partial charge in [0, 0.05) is 10.9 Å². The molecule has 3 rings (SSSR count). The molecule has 0 bridgehead atoms. The molecule has 0 aliphatic rings. The Bertz CT molecular complexity index is 921. The van der Waals surface area contributed by atoms with Crippen molar-refractivity contribution in [2.75, 3.05) is 6.61 Å². The SMILES string of the molecule is CCOC(=O)c1nn(C(=O)c2cc(C)cc(C)c2)c2ccccc12. The number of aryl methyl sites for hydroxylation is 2. The van der Waals surface area contributed by atoms with Gasteiger partial charge in [-0.15, -0.1) is 0 Å². The topological polar surface area (TPSA) is 61.2 Å². The van der Waals surface area contributed by atoms with Gasteiger partial charge >= 0.3 is 5.97 Å².